The van der Waals surface area contributed by atoms with Gasteiger partial charge in [-0.05, 0) is 32.8 Å². The summed E-state index contributed by atoms with van der Waals surface area (Å²) in [5.74, 6) is 0.873. The molecular formula is C18H29NO2. The number of hydrogen-bond acceptors (Lipinski definition) is 3. The maximum Gasteiger partial charge on any atom is 0.124 e. The van der Waals surface area contributed by atoms with Crippen LogP contribution in [-0.2, 0) is 5.54 Å². The molecule has 1 aromatic carbocycles. The van der Waals surface area contributed by atoms with Gasteiger partial charge in [-0.1, -0.05) is 43.9 Å². The molecule has 1 aliphatic carbocycles. The Morgan fingerprint density at radius 3 is 2.48 bits per heavy atom. The number of ether oxygens (including phenoxy) is 1. The van der Waals surface area contributed by atoms with Crippen LogP contribution in [0.2, 0.25) is 0 Å². The Labute approximate surface area is 128 Å². The molecule has 2 rings (SSSR count). The molecule has 0 aromatic heterocycles. The monoisotopic (exact) mass is 291 g/mol. The van der Waals surface area contributed by atoms with Crippen molar-refractivity contribution in [3.8, 4) is 5.75 Å². The van der Waals surface area contributed by atoms with E-state index >= 15 is 0 Å². The minimum atomic E-state index is -0.444. The first-order chi connectivity index (χ1) is 10.2. The van der Waals surface area contributed by atoms with Crippen molar-refractivity contribution in [3.05, 3.63) is 29.8 Å². The molecule has 1 aromatic rings. The zero-order valence-corrected chi connectivity index (χ0v) is 13.4. The Morgan fingerprint density at radius 2 is 1.86 bits per heavy atom. The van der Waals surface area contributed by atoms with E-state index in [9.17, 15) is 5.11 Å². The van der Waals surface area contributed by atoms with E-state index in [-0.39, 0.29) is 6.61 Å². The maximum absolute atomic E-state index is 10.0. The van der Waals surface area contributed by atoms with Gasteiger partial charge >= 0.3 is 0 Å². The molecule has 0 saturated heterocycles. The highest BCUT2D eigenvalue weighted by Gasteiger charge is 2.31. The van der Waals surface area contributed by atoms with Gasteiger partial charge in [-0.2, -0.15) is 0 Å². The standard InChI is InChI=1S/C18H29NO2/c1-3-21-17-13-9-8-12-16(17)18(2,14-20)19-15-10-6-4-5-7-11-15/h8-9,12-13,15,19-20H,3-7,10-11,14H2,1-2H3. The van der Waals surface area contributed by atoms with Crippen LogP contribution < -0.4 is 10.1 Å². The molecule has 118 valence electrons. The van der Waals surface area contributed by atoms with E-state index in [1.54, 1.807) is 0 Å². The molecule has 0 bridgehead atoms. The molecule has 2 N–H and O–H groups in total. The Hall–Kier alpha value is -1.06. The van der Waals surface area contributed by atoms with Gasteiger partial charge in [0.15, 0.2) is 0 Å². The molecular weight excluding hydrogens is 262 g/mol. The summed E-state index contributed by atoms with van der Waals surface area (Å²) in [6.45, 7) is 4.79. The molecule has 1 saturated carbocycles. The van der Waals surface area contributed by atoms with Gasteiger partial charge in [0, 0.05) is 11.6 Å². The quantitative estimate of drug-likeness (QED) is 0.787. The van der Waals surface area contributed by atoms with Crippen LogP contribution in [0.15, 0.2) is 24.3 Å². The number of para-hydroxylation sites is 1. The molecule has 1 atom stereocenters. The second-order valence-corrected chi connectivity index (χ2v) is 6.25. The lowest BCUT2D eigenvalue weighted by Gasteiger charge is -2.35. The Morgan fingerprint density at radius 1 is 1.19 bits per heavy atom. The van der Waals surface area contributed by atoms with Crippen molar-refractivity contribution >= 4 is 0 Å². The minimum absolute atomic E-state index is 0.0770. The van der Waals surface area contributed by atoms with Crippen molar-refractivity contribution in [1.29, 1.82) is 0 Å². The highest BCUT2D eigenvalue weighted by molar-refractivity contribution is 5.39. The lowest BCUT2D eigenvalue weighted by molar-refractivity contribution is 0.152. The number of nitrogens with one attached hydrogen (secondary N) is 1. The third-order valence-corrected chi connectivity index (χ3v) is 4.48. The molecule has 1 unspecified atom stereocenters. The predicted molar refractivity (Wildman–Crippen MR) is 86.7 cm³/mol. The van der Waals surface area contributed by atoms with E-state index in [0.29, 0.717) is 12.6 Å². The van der Waals surface area contributed by atoms with E-state index in [0.717, 1.165) is 11.3 Å². The van der Waals surface area contributed by atoms with Gasteiger partial charge in [0.05, 0.1) is 18.8 Å². The second-order valence-electron chi connectivity index (χ2n) is 6.25. The van der Waals surface area contributed by atoms with Gasteiger partial charge in [0.2, 0.25) is 0 Å². The van der Waals surface area contributed by atoms with Gasteiger partial charge < -0.3 is 15.2 Å². The Balaban J connectivity index is 2.19. The third kappa shape index (κ3) is 4.21. The first-order valence-electron chi connectivity index (χ1n) is 8.30. The topological polar surface area (TPSA) is 41.5 Å². The van der Waals surface area contributed by atoms with Crippen molar-refractivity contribution in [2.45, 2.75) is 64.0 Å². The molecule has 0 amide bonds. The molecule has 3 heteroatoms. The van der Waals surface area contributed by atoms with Crippen molar-refractivity contribution < 1.29 is 9.84 Å². The zero-order valence-electron chi connectivity index (χ0n) is 13.4. The number of benzene rings is 1. The van der Waals surface area contributed by atoms with E-state index in [2.05, 4.69) is 18.3 Å². The van der Waals surface area contributed by atoms with Gasteiger partial charge in [-0.3, -0.25) is 0 Å². The summed E-state index contributed by atoms with van der Waals surface area (Å²) in [5.41, 5.74) is 0.611. The summed E-state index contributed by atoms with van der Waals surface area (Å²) in [7, 11) is 0. The highest BCUT2D eigenvalue weighted by Crippen LogP contribution is 2.31. The van der Waals surface area contributed by atoms with Crippen molar-refractivity contribution in [2.75, 3.05) is 13.2 Å². The largest absolute Gasteiger partial charge is 0.494 e. The fraction of sp³-hybridized carbons (Fsp3) is 0.667. The molecule has 1 aliphatic rings. The van der Waals surface area contributed by atoms with E-state index in [1.807, 2.05) is 25.1 Å². The number of aliphatic hydroxyl groups excluding tert-OH is 1. The summed E-state index contributed by atoms with van der Waals surface area (Å²) >= 11 is 0. The number of rotatable bonds is 6. The molecule has 0 heterocycles. The highest BCUT2D eigenvalue weighted by atomic mass is 16.5. The molecule has 21 heavy (non-hydrogen) atoms. The fourth-order valence-electron chi connectivity index (χ4n) is 3.29. The first-order valence-corrected chi connectivity index (χ1v) is 8.30. The lowest BCUT2D eigenvalue weighted by Crippen LogP contribution is -2.48. The SMILES string of the molecule is CCOc1ccccc1C(C)(CO)NC1CCCCCC1. The number of hydrogen-bond donors (Lipinski definition) is 2. The maximum atomic E-state index is 10.0. The van der Waals surface area contributed by atoms with Gasteiger partial charge in [-0.15, -0.1) is 0 Å². The lowest BCUT2D eigenvalue weighted by atomic mass is 9.90. The van der Waals surface area contributed by atoms with Crippen LogP contribution >= 0.6 is 0 Å². The zero-order chi connectivity index (χ0) is 15.1. The Kier molecular flexibility index (Phi) is 6.07. The van der Waals surface area contributed by atoms with Gasteiger partial charge in [-0.25, -0.2) is 0 Å². The smallest absolute Gasteiger partial charge is 0.124 e. The van der Waals surface area contributed by atoms with Crippen LogP contribution in [0.25, 0.3) is 0 Å². The van der Waals surface area contributed by atoms with Crippen LogP contribution in [0.5, 0.6) is 5.75 Å². The average Bonchev–Trinajstić information content (AvgIpc) is 2.76. The Bertz CT molecular complexity index is 427. The third-order valence-electron chi connectivity index (χ3n) is 4.48. The van der Waals surface area contributed by atoms with Crippen LogP contribution in [0.1, 0.15) is 57.9 Å². The van der Waals surface area contributed by atoms with Crippen LogP contribution in [-0.4, -0.2) is 24.4 Å². The fourth-order valence-corrected chi connectivity index (χ4v) is 3.29. The van der Waals surface area contributed by atoms with Crippen LogP contribution in [0, 0.1) is 0 Å². The molecule has 0 spiro atoms. The molecule has 1 fully saturated rings. The van der Waals surface area contributed by atoms with E-state index in [1.165, 1.54) is 38.5 Å². The first kappa shape index (κ1) is 16.3. The van der Waals surface area contributed by atoms with Crippen molar-refractivity contribution in [2.24, 2.45) is 0 Å². The molecule has 0 aliphatic heterocycles. The van der Waals surface area contributed by atoms with Crippen molar-refractivity contribution in [1.82, 2.24) is 5.32 Å². The second kappa shape index (κ2) is 7.81. The summed E-state index contributed by atoms with van der Waals surface area (Å²) in [4.78, 5) is 0. The van der Waals surface area contributed by atoms with E-state index < -0.39 is 5.54 Å². The predicted octanol–water partition coefficient (Wildman–Crippen LogP) is 3.61. The number of aliphatic hydroxyl groups is 1. The van der Waals surface area contributed by atoms with E-state index in [4.69, 9.17) is 4.74 Å². The average molecular weight is 291 g/mol. The molecule has 0 radical (unpaired) electrons. The molecule has 3 nitrogen and oxygen atoms in total. The summed E-state index contributed by atoms with van der Waals surface area (Å²) in [6, 6.07) is 8.53. The van der Waals surface area contributed by atoms with Crippen LogP contribution in [0.3, 0.4) is 0 Å². The van der Waals surface area contributed by atoms with Gasteiger partial charge in [0.1, 0.15) is 5.75 Å². The summed E-state index contributed by atoms with van der Waals surface area (Å²) in [6.07, 6.45) is 7.64. The van der Waals surface area contributed by atoms with Crippen molar-refractivity contribution in [3.63, 3.8) is 0 Å². The normalized spacial score (nSPS) is 19.8. The van der Waals surface area contributed by atoms with Gasteiger partial charge in [0.25, 0.3) is 0 Å². The summed E-state index contributed by atoms with van der Waals surface area (Å²) < 4.78 is 5.75. The minimum Gasteiger partial charge on any atom is -0.494 e. The summed E-state index contributed by atoms with van der Waals surface area (Å²) in [5, 5.41) is 13.7. The van der Waals surface area contributed by atoms with Crippen LogP contribution in [0.4, 0.5) is 0 Å².